The second-order valence-corrected chi connectivity index (χ2v) is 5.19. The molecule has 1 amide bonds. The Balaban J connectivity index is 1.91. The highest BCUT2D eigenvalue weighted by Gasteiger charge is 2.16. The molecule has 0 saturated heterocycles. The summed E-state index contributed by atoms with van der Waals surface area (Å²) in [7, 11) is 0. The monoisotopic (exact) mass is 290 g/mol. The SMILES string of the molecule is NC(C(=O)NCc1ccc(C(=O)O)cc1)c1cccs1. The van der Waals surface area contributed by atoms with Gasteiger partial charge in [0.05, 0.1) is 5.56 Å². The number of carboxylic acids is 1. The minimum absolute atomic E-state index is 0.218. The van der Waals surface area contributed by atoms with Gasteiger partial charge in [-0.05, 0) is 29.1 Å². The molecule has 1 atom stereocenters. The summed E-state index contributed by atoms with van der Waals surface area (Å²) in [5.41, 5.74) is 6.87. The average Bonchev–Trinajstić information content (AvgIpc) is 2.98. The summed E-state index contributed by atoms with van der Waals surface area (Å²) < 4.78 is 0. The van der Waals surface area contributed by atoms with Crippen LogP contribution >= 0.6 is 11.3 Å². The molecule has 6 heteroatoms. The molecule has 0 fully saturated rings. The Morgan fingerprint density at radius 2 is 1.95 bits per heavy atom. The van der Waals surface area contributed by atoms with Crippen molar-refractivity contribution in [3.05, 3.63) is 57.8 Å². The summed E-state index contributed by atoms with van der Waals surface area (Å²) in [4.78, 5) is 23.4. The van der Waals surface area contributed by atoms with Crippen LogP contribution in [0.25, 0.3) is 0 Å². The van der Waals surface area contributed by atoms with Crippen molar-refractivity contribution in [3.8, 4) is 0 Å². The predicted molar refractivity (Wildman–Crippen MR) is 76.5 cm³/mol. The number of carbonyl (C=O) groups is 2. The number of rotatable bonds is 5. The highest BCUT2D eigenvalue weighted by Crippen LogP contribution is 2.16. The Bertz CT molecular complexity index is 593. The molecule has 4 N–H and O–H groups in total. The van der Waals surface area contributed by atoms with Gasteiger partial charge in [-0.25, -0.2) is 4.79 Å². The topological polar surface area (TPSA) is 92.4 Å². The van der Waals surface area contributed by atoms with E-state index in [-0.39, 0.29) is 11.5 Å². The summed E-state index contributed by atoms with van der Waals surface area (Å²) >= 11 is 1.44. The van der Waals surface area contributed by atoms with Gasteiger partial charge in [0.15, 0.2) is 0 Å². The van der Waals surface area contributed by atoms with Crippen molar-refractivity contribution in [1.82, 2.24) is 5.32 Å². The summed E-state index contributed by atoms with van der Waals surface area (Å²) in [5, 5.41) is 13.4. The Hall–Kier alpha value is -2.18. The van der Waals surface area contributed by atoms with Gasteiger partial charge in [-0.15, -0.1) is 11.3 Å². The number of carbonyl (C=O) groups excluding carboxylic acids is 1. The summed E-state index contributed by atoms with van der Waals surface area (Å²) in [6, 6.07) is 9.33. The normalized spacial score (nSPS) is 11.8. The Kier molecular flexibility index (Phi) is 4.49. The van der Waals surface area contributed by atoms with Gasteiger partial charge in [0, 0.05) is 11.4 Å². The molecule has 1 aromatic heterocycles. The van der Waals surface area contributed by atoms with Crippen molar-refractivity contribution >= 4 is 23.2 Å². The first-order chi connectivity index (χ1) is 9.58. The van der Waals surface area contributed by atoms with Crippen molar-refractivity contribution < 1.29 is 14.7 Å². The van der Waals surface area contributed by atoms with E-state index in [2.05, 4.69) is 5.32 Å². The highest BCUT2D eigenvalue weighted by atomic mass is 32.1. The molecule has 0 saturated carbocycles. The van der Waals surface area contributed by atoms with Gasteiger partial charge < -0.3 is 16.2 Å². The zero-order valence-corrected chi connectivity index (χ0v) is 11.4. The molecule has 0 aliphatic rings. The maximum absolute atomic E-state index is 11.9. The quantitative estimate of drug-likeness (QED) is 0.782. The highest BCUT2D eigenvalue weighted by molar-refractivity contribution is 7.10. The number of nitrogens with two attached hydrogens (primary N) is 1. The van der Waals surface area contributed by atoms with Gasteiger partial charge in [0.25, 0.3) is 0 Å². The van der Waals surface area contributed by atoms with E-state index in [1.165, 1.54) is 23.5 Å². The lowest BCUT2D eigenvalue weighted by Crippen LogP contribution is -2.33. The smallest absolute Gasteiger partial charge is 0.335 e. The molecule has 1 aromatic carbocycles. The molecule has 0 bridgehead atoms. The first kappa shape index (κ1) is 14.2. The molecule has 0 spiro atoms. The third-order valence-electron chi connectivity index (χ3n) is 2.80. The van der Waals surface area contributed by atoms with Crippen LogP contribution in [-0.4, -0.2) is 17.0 Å². The molecule has 20 heavy (non-hydrogen) atoms. The molecular weight excluding hydrogens is 276 g/mol. The Morgan fingerprint density at radius 1 is 1.25 bits per heavy atom. The van der Waals surface area contributed by atoms with E-state index in [0.29, 0.717) is 6.54 Å². The van der Waals surface area contributed by atoms with Crippen LogP contribution in [0.15, 0.2) is 41.8 Å². The van der Waals surface area contributed by atoms with Crippen LogP contribution < -0.4 is 11.1 Å². The van der Waals surface area contributed by atoms with Crippen molar-refractivity contribution in [2.24, 2.45) is 5.73 Å². The van der Waals surface area contributed by atoms with Crippen molar-refractivity contribution in [2.75, 3.05) is 0 Å². The molecule has 104 valence electrons. The zero-order valence-electron chi connectivity index (χ0n) is 10.6. The van der Waals surface area contributed by atoms with E-state index >= 15 is 0 Å². The van der Waals surface area contributed by atoms with Gasteiger partial charge in [-0.2, -0.15) is 0 Å². The van der Waals surface area contributed by atoms with Gasteiger partial charge in [0.2, 0.25) is 5.91 Å². The van der Waals surface area contributed by atoms with Crippen LogP contribution in [0, 0.1) is 0 Å². The van der Waals surface area contributed by atoms with Gasteiger partial charge in [-0.3, -0.25) is 4.79 Å². The number of benzene rings is 1. The molecule has 1 heterocycles. The van der Waals surface area contributed by atoms with E-state index in [0.717, 1.165) is 10.4 Å². The molecule has 0 aliphatic carbocycles. The fraction of sp³-hybridized carbons (Fsp3) is 0.143. The zero-order chi connectivity index (χ0) is 14.5. The Labute approximate surface area is 120 Å². The summed E-state index contributed by atoms with van der Waals surface area (Å²) in [5.74, 6) is -1.23. The minimum Gasteiger partial charge on any atom is -0.478 e. The second-order valence-electron chi connectivity index (χ2n) is 4.21. The summed E-state index contributed by atoms with van der Waals surface area (Å²) in [6.45, 7) is 0.317. The number of amides is 1. The lowest BCUT2D eigenvalue weighted by atomic mass is 10.1. The number of hydrogen-bond acceptors (Lipinski definition) is 4. The van der Waals surface area contributed by atoms with Crippen LogP contribution in [0.3, 0.4) is 0 Å². The molecule has 2 rings (SSSR count). The fourth-order valence-corrected chi connectivity index (χ4v) is 2.39. The first-order valence-corrected chi connectivity index (χ1v) is 6.85. The Morgan fingerprint density at radius 3 is 2.50 bits per heavy atom. The van der Waals surface area contributed by atoms with Crippen molar-refractivity contribution in [2.45, 2.75) is 12.6 Å². The lowest BCUT2D eigenvalue weighted by molar-refractivity contribution is -0.122. The molecule has 5 nitrogen and oxygen atoms in total. The number of carboxylic acid groups (broad SMARTS) is 1. The van der Waals surface area contributed by atoms with Crippen LogP contribution in [-0.2, 0) is 11.3 Å². The van der Waals surface area contributed by atoms with Gasteiger partial charge in [-0.1, -0.05) is 18.2 Å². The van der Waals surface area contributed by atoms with Gasteiger partial charge in [0.1, 0.15) is 6.04 Å². The van der Waals surface area contributed by atoms with E-state index in [4.69, 9.17) is 10.8 Å². The predicted octanol–water partition coefficient (Wildman–Crippen LogP) is 1.76. The number of thiophene rings is 1. The summed E-state index contributed by atoms with van der Waals surface area (Å²) in [6.07, 6.45) is 0. The van der Waals surface area contributed by atoms with Crippen molar-refractivity contribution in [1.29, 1.82) is 0 Å². The minimum atomic E-state index is -0.972. The van der Waals surface area contributed by atoms with E-state index in [1.807, 2.05) is 17.5 Å². The number of aromatic carboxylic acids is 1. The van der Waals surface area contributed by atoms with Crippen LogP contribution in [0.4, 0.5) is 0 Å². The second kappa shape index (κ2) is 6.31. The molecule has 1 unspecified atom stereocenters. The van der Waals surface area contributed by atoms with E-state index < -0.39 is 12.0 Å². The van der Waals surface area contributed by atoms with Crippen LogP contribution in [0.1, 0.15) is 26.8 Å². The fourth-order valence-electron chi connectivity index (χ4n) is 1.66. The van der Waals surface area contributed by atoms with E-state index in [1.54, 1.807) is 12.1 Å². The number of hydrogen-bond donors (Lipinski definition) is 3. The lowest BCUT2D eigenvalue weighted by Gasteiger charge is -2.10. The van der Waals surface area contributed by atoms with E-state index in [9.17, 15) is 9.59 Å². The third kappa shape index (κ3) is 3.43. The molecular formula is C14H14N2O3S. The van der Waals surface area contributed by atoms with Gasteiger partial charge >= 0.3 is 5.97 Å². The maximum atomic E-state index is 11.9. The van der Waals surface area contributed by atoms with Crippen LogP contribution in [0.2, 0.25) is 0 Å². The molecule has 0 radical (unpaired) electrons. The van der Waals surface area contributed by atoms with Crippen LogP contribution in [0.5, 0.6) is 0 Å². The average molecular weight is 290 g/mol. The largest absolute Gasteiger partial charge is 0.478 e. The third-order valence-corrected chi connectivity index (χ3v) is 3.76. The molecule has 2 aromatic rings. The maximum Gasteiger partial charge on any atom is 0.335 e. The molecule has 0 aliphatic heterocycles. The first-order valence-electron chi connectivity index (χ1n) is 5.97. The number of nitrogens with one attached hydrogen (secondary N) is 1. The standard InChI is InChI=1S/C14H14N2O3S/c15-12(11-2-1-7-20-11)13(17)16-8-9-3-5-10(6-4-9)14(18)19/h1-7,12H,8,15H2,(H,16,17)(H,18,19). The van der Waals surface area contributed by atoms with Crippen molar-refractivity contribution in [3.63, 3.8) is 0 Å².